The Labute approximate surface area is 131 Å². The van der Waals surface area contributed by atoms with E-state index in [0.29, 0.717) is 33.4 Å². The van der Waals surface area contributed by atoms with Crippen LogP contribution < -0.4 is 9.47 Å². The number of halogens is 1. The van der Waals surface area contributed by atoms with Gasteiger partial charge in [0.2, 0.25) is 0 Å². The summed E-state index contributed by atoms with van der Waals surface area (Å²) in [6.45, 7) is 2.03. The fourth-order valence-electron chi connectivity index (χ4n) is 2.12. The third-order valence-corrected chi connectivity index (χ3v) is 4.39. The van der Waals surface area contributed by atoms with E-state index in [4.69, 9.17) is 21.1 Å². The minimum atomic E-state index is 0.387. The topological polar surface area (TPSA) is 44.2 Å². The Morgan fingerprint density at radius 1 is 1.10 bits per heavy atom. The van der Waals surface area contributed by atoms with E-state index < -0.39 is 0 Å². The predicted molar refractivity (Wildman–Crippen MR) is 85.7 cm³/mol. The van der Waals surface area contributed by atoms with Crippen LogP contribution in [0, 0.1) is 6.92 Å². The lowest BCUT2D eigenvalue weighted by Gasteiger charge is -2.10. The van der Waals surface area contributed by atoms with Gasteiger partial charge in [0.1, 0.15) is 22.2 Å². The summed E-state index contributed by atoms with van der Waals surface area (Å²) in [5, 5.41) is 5.17. The molecule has 21 heavy (non-hydrogen) atoms. The summed E-state index contributed by atoms with van der Waals surface area (Å²) in [4.78, 5) is 9.02. The molecule has 0 bridgehead atoms. The van der Waals surface area contributed by atoms with Crippen LogP contribution in [-0.4, -0.2) is 24.2 Å². The van der Waals surface area contributed by atoms with Crippen molar-refractivity contribution < 1.29 is 9.47 Å². The Morgan fingerprint density at radius 3 is 2.52 bits per heavy atom. The molecule has 108 valence electrons. The summed E-state index contributed by atoms with van der Waals surface area (Å²) in [6.07, 6.45) is 0. The minimum Gasteiger partial charge on any atom is -0.497 e. The van der Waals surface area contributed by atoms with Crippen molar-refractivity contribution in [2.45, 2.75) is 6.92 Å². The number of rotatable bonds is 3. The maximum absolute atomic E-state index is 6.33. The number of fused-ring (bicyclic) bond motifs is 1. The van der Waals surface area contributed by atoms with Crippen molar-refractivity contribution in [3.63, 3.8) is 0 Å². The van der Waals surface area contributed by atoms with Gasteiger partial charge in [-0.1, -0.05) is 11.6 Å². The second-order valence-corrected chi connectivity index (χ2v) is 5.63. The lowest BCUT2D eigenvalue weighted by atomic mass is 10.2. The molecule has 6 heteroatoms. The molecule has 0 aliphatic heterocycles. The third kappa shape index (κ3) is 2.43. The zero-order chi connectivity index (χ0) is 15.0. The van der Waals surface area contributed by atoms with Crippen molar-refractivity contribution in [2.24, 2.45) is 0 Å². The standard InChI is InChI=1S/C15H13ClN2O2S/c1-8-6-21-7-11(8)15-17-13-10(14(16)18-15)4-9(19-2)5-12(13)20-3/h4-7H,1-3H3. The normalized spacial score (nSPS) is 10.9. The van der Waals surface area contributed by atoms with Crippen LogP contribution >= 0.6 is 22.9 Å². The third-order valence-electron chi connectivity index (χ3n) is 3.24. The fourth-order valence-corrected chi connectivity index (χ4v) is 3.17. The lowest BCUT2D eigenvalue weighted by molar-refractivity contribution is 0.397. The minimum absolute atomic E-state index is 0.387. The number of aryl methyl sites for hydroxylation is 1. The van der Waals surface area contributed by atoms with Gasteiger partial charge in [0, 0.05) is 22.4 Å². The summed E-state index contributed by atoms with van der Waals surface area (Å²) in [5.74, 6) is 1.88. The van der Waals surface area contributed by atoms with Gasteiger partial charge in [0.05, 0.1) is 14.2 Å². The Kier molecular flexibility index (Phi) is 3.69. The molecule has 0 atom stereocenters. The summed E-state index contributed by atoms with van der Waals surface area (Å²) in [7, 11) is 3.19. The van der Waals surface area contributed by atoms with Gasteiger partial charge in [-0.2, -0.15) is 11.3 Å². The highest BCUT2D eigenvalue weighted by atomic mass is 35.5. The molecule has 0 spiro atoms. The molecule has 0 N–H and O–H groups in total. The molecular weight excluding hydrogens is 308 g/mol. The zero-order valence-corrected chi connectivity index (χ0v) is 13.4. The molecule has 3 rings (SSSR count). The maximum Gasteiger partial charge on any atom is 0.162 e. The Hall–Kier alpha value is -1.85. The molecule has 0 aliphatic rings. The maximum atomic E-state index is 6.33. The molecule has 0 unspecified atom stereocenters. The molecule has 4 nitrogen and oxygen atoms in total. The number of methoxy groups -OCH3 is 2. The van der Waals surface area contributed by atoms with Gasteiger partial charge >= 0.3 is 0 Å². The molecular formula is C15H13ClN2O2S. The van der Waals surface area contributed by atoms with Gasteiger partial charge < -0.3 is 9.47 Å². The van der Waals surface area contributed by atoms with Gasteiger partial charge in [-0.05, 0) is 23.9 Å². The Morgan fingerprint density at radius 2 is 1.90 bits per heavy atom. The van der Waals surface area contributed by atoms with E-state index in [9.17, 15) is 0 Å². The predicted octanol–water partition coefficient (Wildman–Crippen LogP) is 4.34. The van der Waals surface area contributed by atoms with E-state index in [1.54, 1.807) is 31.6 Å². The highest BCUT2D eigenvalue weighted by molar-refractivity contribution is 7.08. The summed E-state index contributed by atoms with van der Waals surface area (Å²) < 4.78 is 10.7. The van der Waals surface area contributed by atoms with Crippen LogP contribution in [0.25, 0.3) is 22.3 Å². The number of benzene rings is 1. The number of ether oxygens (including phenoxy) is 2. The number of thiophene rings is 1. The average molecular weight is 321 g/mol. The summed E-state index contributed by atoms with van der Waals surface area (Å²) >= 11 is 7.94. The zero-order valence-electron chi connectivity index (χ0n) is 11.8. The number of hydrogen-bond donors (Lipinski definition) is 0. The van der Waals surface area contributed by atoms with Gasteiger partial charge in [-0.3, -0.25) is 0 Å². The molecule has 0 saturated heterocycles. The van der Waals surface area contributed by atoms with E-state index in [2.05, 4.69) is 15.3 Å². The van der Waals surface area contributed by atoms with Crippen molar-refractivity contribution in [1.29, 1.82) is 0 Å². The molecule has 0 amide bonds. The van der Waals surface area contributed by atoms with E-state index in [0.717, 1.165) is 11.1 Å². The smallest absolute Gasteiger partial charge is 0.162 e. The SMILES string of the molecule is COc1cc(OC)c2nc(-c3cscc3C)nc(Cl)c2c1. The van der Waals surface area contributed by atoms with E-state index in [-0.39, 0.29) is 0 Å². The van der Waals surface area contributed by atoms with E-state index in [1.807, 2.05) is 18.4 Å². The van der Waals surface area contributed by atoms with Crippen LogP contribution in [0.5, 0.6) is 11.5 Å². The van der Waals surface area contributed by atoms with Gasteiger partial charge in [0.25, 0.3) is 0 Å². The van der Waals surface area contributed by atoms with Crippen molar-refractivity contribution in [3.8, 4) is 22.9 Å². The van der Waals surface area contributed by atoms with Crippen LogP contribution in [0.15, 0.2) is 22.9 Å². The molecule has 3 aromatic rings. The molecule has 2 heterocycles. The fraction of sp³-hybridized carbons (Fsp3) is 0.200. The van der Waals surface area contributed by atoms with Gasteiger partial charge in [-0.15, -0.1) is 0 Å². The first-order valence-corrected chi connectivity index (χ1v) is 7.58. The highest BCUT2D eigenvalue weighted by Gasteiger charge is 2.15. The first kappa shape index (κ1) is 14.1. The first-order chi connectivity index (χ1) is 10.1. The Bertz CT molecular complexity index is 817. The highest BCUT2D eigenvalue weighted by Crippen LogP contribution is 2.35. The molecule has 0 aliphatic carbocycles. The van der Waals surface area contributed by atoms with Gasteiger partial charge in [0.15, 0.2) is 5.82 Å². The molecule has 0 saturated carbocycles. The molecule has 2 aromatic heterocycles. The Balaban J connectivity index is 2.31. The average Bonchev–Trinajstić information content (AvgIpc) is 2.92. The number of nitrogens with zero attached hydrogens (tertiary/aromatic N) is 2. The molecule has 0 radical (unpaired) electrons. The molecule has 0 fully saturated rings. The van der Waals surface area contributed by atoms with Crippen LogP contribution in [0.3, 0.4) is 0 Å². The second kappa shape index (κ2) is 5.50. The van der Waals surface area contributed by atoms with Gasteiger partial charge in [-0.25, -0.2) is 9.97 Å². The monoisotopic (exact) mass is 320 g/mol. The summed E-state index contributed by atoms with van der Waals surface area (Å²) in [5.41, 5.74) is 2.79. The first-order valence-electron chi connectivity index (χ1n) is 6.26. The van der Waals surface area contributed by atoms with E-state index in [1.165, 1.54) is 0 Å². The van der Waals surface area contributed by atoms with E-state index >= 15 is 0 Å². The van der Waals surface area contributed by atoms with Crippen molar-refractivity contribution >= 4 is 33.8 Å². The summed E-state index contributed by atoms with van der Waals surface area (Å²) in [6, 6.07) is 3.60. The largest absolute Gasteiger partial charge is 0.497 e. The number of hydrogen-bond acceptors (Lipinski definition) is 5. The van der Waals surface area contributed by atoms with Crippen molar-refractivity contribution in [1.82, 2.24) is 9.97 Å². The van der Waals surface area contributed by atoms with Crippen molar-refractivity contribution in [3.05, 3.63) is 33.6 Å². The van der Waals surface area contributed by atoms with Crippen LogP contribution in [0.4, 0.5) is 0 Å². The molecule has 1 aromatic carbocycles. The van der Waals surface area contributed by atoms with Crippen LogP contribution in [0.2, 0.25) is 5.15 Å². The second-order valence-electron chi connectivity index (χ2n) is 4.53. The van der Waals surface area contributed by atoms with Crippen LogP contribution in [-0.2, 0) is 0 Å². The lowest BCUT2D eigenvalue weighted by Crippen LogP contribution is -1.96. The number of aromatic nitrogens is 2. The quantitative estimate of drug-likeness (QED) is 0.673. The van der Waals surface area contributed by atoms with Crippen molar-refractivity contribution in [2.75, 3.05) is 14.2 Å². The van der Waals surface area contributed by atoms with Crippen LogP contribution in [0.1, 0.15) is 5.56 Å².